The second-order valence-corrected chi connectivity index (χ2v) is 8.16. The largest absolute Gasteiger partial charge is 0.386 e. The molecule has 0 unspecified atom stereocenters. The number of benzene rings is 1. The van der Waals surface area contributed by atoms with Crippen LogP contribution in [0.5, 0.6) is 0 Å². The molecule has 3 fully saturated rings. The molecular weight excluding hydrogens is 330 g/mol. The number of rotatable bonds is 1. The second kappa shape index (κ2) is 5.10. The fourth-order valence-corrected chi connectivity index (χ4v) is 5.44. The summed E-state index contributed by atoms with van der Waals surface area (Å²) in [6.45, 7) is 3.45. The molecule has 1 atom stereocenters. The van der Waals surface area contributed by atoms with E-state index in [9.17, 15) is 0 Å². The lowest BCUT2D eigenvalue weighted by Crippen LogP contribution is -2.59. The molecule has 120 valence electrons. The molecule has 23 heavy (non-hydrogen) atoms. The average molecular weight is 348 g/mol. The van der Waals surface area contributed by atoms with Crippen LogP contribution in [-0.4, -0.2) is 36.0 Å². The van der Waals surface area contributed by atoms with E-state index in [1.165, 1.54) is 30.6 Å². The molecule has 6 heteroatoms. The van der Waals surface area contributed by atoms with Gasteiger partial charge < -0.3 is 10.2 Å². The summed E-state index contributed by atoms with van der Waals surface area (Å²) < 4.78 is 1.19. The van der Waals surface area contributed by atoms with E-state index >= 15 is 0 Å². The molecular formula is C17H18ClN3OS. The van der Waals surface area contributed by atoms with Gasteiger partial charge in [0, 0.05) is 33.6 Å². The first-order chi connectivity index (χ1) is 11.2. The van der Waals surface area contributed by atoms with Gasteiger partial charge in [0.15, 0.2) is 11.4 Å². The van der Waals surface area contributed by atoms with E-state index in [1.54, 1.807) is 11.3 Å². The van der Waals surface area contributed by atoms with Gasteiger partial charge in [-0.3, -0.25) is 4.90 Å². The number of amidine groups is 1. The van der Waals surface area contributed by atoms with Gasteiger partial charge in [0.2, 0.25) is 0 Å². The number of piperidine rings is 3. The zero-order chi connectivity index (χ0) is 15.4. The van der Waals surface area contributed by atoms with Gasteiger partial charge in [-0.15, -0.1) is 11.3 Å². The summed E-state index contributed by atoms with van der Waals surface area (Å²) in [6, 6.07) is 6.26. The zero-order valence-electron chi connectivity index (χ0n) is 12.7. The first-order valence-electron chi connectivity index (χ1n) is 8.13. The van der Waals surface area contributed by atoms with Crippen LogP contribution < -0.4 is 5.32 Å². The van der Waals surface area contributed by atoms with Crippen molar-refractivity contribution in [1.82, 2.24) is 4.90 Å². The summed E-state index contributed by atoms with van der Waals surface area (Å²) in [4.78, 5) is 8.47. The van der Waals surface area contributed by atoms with Crippen molar-refractivity contribution in [2.45, 2.75) is 24.9 Å². The minimum absolute atomic E-state index is 0.0881. The highest BCUT2D eigenvalue weighted by atomic mass is 35.5. The lowest BCUT2D eigenvalue weighted by molar-refractivity contribution is -0.136. The Morgan fingerprint density at radius 2 is 2.22 bits per heavy atom. The van der Waals surface area contributed by atoms with Gasteiger partial charge >= 0.3 is 0 Å². The van der Waals surface area contributed by atoms with Gasteiger partial charge in [0.05, 0.1) is 11.4 Å². The summed E-state index contributed by atoms with van der Waals surface area (Å²) in [7, 11) is 0. The van der Waals surface area contributed by atoms with Crippen LogP contribution in [0.2, 0.25) is 5.02 Å². The Morgan fingerprint density at radius 3 is 3.00 bits per heavy atom. The highest BCUT2D eigenvalue weighted by Crippen LogP contribution is 2.43. The number of anilines is 1. The lowest BCUT2D eigenvalue weighted by atomic mass is 9.73. The minimum atomic E-state index is -0.0881. The number of fused-ring (bicyclic) bond motifs is 3. The molecule has 1 aromatic heterocycles. The minimum Gasteiger partial charge on any atom is -0.386 e. The van der Waals surface area contributed by atoms with Crippen molar-refractivity contribution in [3.05, 3.63) is 28.6 Å². The highest BCUT2D eigenvalue weighted by Gasteiger charge is 2.52. The maximum atomic E-state index is 6.17. The fraction of sp³-hybridized carbons (Fsp3) is 0.471. The number of hydrogen-bond donors (Lipinski definition) is 1. The first-order valence-corrected chi connectivity index (χ1v) is 9.39. The van der Waals surface area contributed by atoms with E-state index in [-0.39, 0.29) is 5.60 Å². The zero-order valence-corrected chi connectivity index (χ0v) is 14.3. The maximum absolute atomic E-state index is 6.17. The van der Waals surface area contributed by atoms with E-state index in [0.29, 0.717) is 5.92 Å². The molecule has 1 aromatic carbocycles. The SMILES string of the molecule is Clc1csc2cc(NC3=NO[C@@]4(C3)CN3CCC4CC3)ccc12. The summed E-state index contributed by atoms with van der Waals surface area (Å²) in [6.07, 6.45) is 3.36. The van der Waals surface area contributed by atoms with E-state index in [4.69, 9.17) is 16.4 Å². The number of nitrogens with one attached hydrogen (secondary N) is 1. The van der Waals surface area contributed by atoms with Crippen molar-refractivity contribution in [2.24, 2.45) is 11.1 Å². The third-order valence-electron chi connectivity index (χ3n) is 5.44. The van der Waals surface area contributed by atoms with E-state index in [2.05, 4.69) is 33.6 Å². The smallest absolute Gasteiger partial charge is 0.160 e. The first kappa shape index (κ1) is 14.1. The van der Waals surface area contributed by atoms with Crippen LogP contribution in [0.25, 0.3) is 10.1 Å². The van der Waals surface area contributed by atoms with Crippen LogP contribution >= 0.6 is 22.9 Å². The van der Waals surface area contributed by atoms with Gasteiger partial charge in [-0.2, -0.15) is 0 Å². The topological polar surface area (TPSA) is 36.9 Å². The van der Waals surface area contributed by atoms with Crippen molar-refractivity contribution in [3.8, 4) is 0 Å². The van der Waals surface area contributed by atoms with Gasteiger partial charge in [-0.05, 0) is 44.1 Å². The molecule has 0 amide bonds. The van der Waals surface area contributed by atoms with Crippen LogP contribution in [0.1, 0.15) is 19.3 Å². The molecule has 0 saturated carbocycles. The number of nitrogens with zero attached hydrogens (tertiary/aromatic N) is 2. The van der Waals surface area contributed by atoms with Gasteiger partial charge in [-0.25, -0.2) is 0 Å². The second-order valence-electron chi connectivity index (χ2n) is 6.84. The standard InChI is InChI=1S/C17H18ClN3OS/c18-14-9-23-15-7-12(1-2-13(14)15)19-16-8-17(22-20-16)10-21-5-3-11(17)4-6-21/h1-2,7,9,11H,3-6,8,10H2,(H,19,20)/t17-/m0/s1. The Bertz CT molecular complexity index is 796. The Hall–Kier alpha value is -1.30. The monoisotopic (exact) mass is 347 g/mol. The predicted molar refractivity (Wildman–Crippen MR) is 95.5 cm³/mol. The van der Waals surface area contributed by atoms with Crippen LogP contribution in [0, 0.1) is 5.92 Å². The van der Waals surface area contributed by atoms with E-state index < -0.39 is 0 Å². The molecule has 1 N–H and O–H groups in total. The summed E-state index contributed by atoms with van der Waals surface area (Å²) in [5, 5.41) is 11.7. The van der Waals surface area contributed by atoms with Gasteiger partial charge in [-0.1, -0.05) is 16.8 Å². The average Bonchev–Trinajstić information content (AvgIpc) is 3.13. The molecule has 3 saturated heterocycles. The molecule has 2 aromatic rings. The molecule has 2 bridgehead atoms. The summed E-state index contributed by atoms with van der Waals surface area (Å²) >= 11 is 7.84. The Labute approximate surface area is 144 Å². The Balaban J connectivity index is 1.35. The molecule has 0 radical (unpaired) electrons. The fourth-order valence-electron chi connectivity index (χ4n) is 4.23. The molecule has 1 spiro atoms. The Kier molecular flexibility index (Phi) is 3.12. The lowest BCUT2D eigenvalue weighted by Gasteiger charge is -2.49. The predicted octanol–water partition coefficient (Wildman–Crippen LogP) is 4.16. The normalized spacial score (nSPS) is 32.3. The van der Waals surface area contributed by atoms with Crippen molar-refractivity contribution in [3.63, 3.8) is 0 Å². The number of hydrogen-bond acceptors (Lipinski definition) is 5. The van der Waals surface area contributed by atoms with Crippen molar-refractivity contribution in [1.29, 1.82) is 0 Å². The van der Waals surface area contributed by atoms with Crippen LogP contribution in [0.3, 0.4) is 0 Å². The summed E-state index contributed by atoms with van der Waals surface area (Å²) in [5.74, 6) is 1.59. The number of halogens is 1. The Morgan fingerprint density at radius 1 is 1.35 bits per heavy atom. The molecule has 5 heterocycles. The number of oxime groups is 1. The van der Waals surface area contributed by atoms with E-state index in [0.717, 1.165) is 34.9 Å². The molecule has 6 rings (SSSR count). The highest BCUT2D eigenvalue weighted by molar-refractivity contribution is 7.17. The van der Waals surface area contributed by atoms with Gasteiger partial charge in [0.25, 0.3) is 0 Å². The quantitative estimate of drug-likeness (QED) is 0.841. The van der Waals surface area contributed by atoms with E-state index in [1.807, 2.05) is 5.38 Å². The van der Waals surface area contributed by atoms with Crippen molar-refractivity contribution >= 4 is 44.5 Å². The summed E-state index contributed by atoms with van der Waals surface area (Å²) in [5.41, 5.74) is 0.964. The van der Waals surface area contributed by atoms with Crippen LogP contribution in [0.15, 0.2) is 28.7 Å². The molecule has 4 nitrogen and oxygen atoms in total. The van der Waals surface area contributed by atoms with Crippen molar-refractivity contribution in [2.75, 3.05) is 25.0 Å². The van der Waals surface area contributed by atoms with Crippen LogP contribution in [0.4, 0.5) is 5.69 Å². The van der Waals surface area contributed by atoms with Crippen LogP contribution in [-0.2, 0) is 4.84 Å². The maximum Gasteiger partial charge on any atom is 0.160 e. The third kappa shape index (κ3) is 2.25. The molecule has 0 aliphatic carbocycles. The molecule has 4 aliphatic heterocycles. The number of thiophene rings is 1. The van der Waals surface area contributed by atoms with Gasteiger partial charge in [0.1, 0.15) is 0 Å². The molecule has 4 aliphatic rings. The van der Waals surface area contributed by atoms with Crippen molar-refractivity contribution < 1.29 is 4.84 Å². The third-order valence-corrected chi connectivity index (χ3v) is 6.83.